The SMILES string of the molecule is COc1ccc(C(Br)C2C3CCCC32)c(F)c1. The van der Waals surface area contributed by atoms with E-state index < -0.39 is 0 Å². The molecular weight excluding hydrogens is 283 g/mol. The molecule has 2 aliphatic carbocycles. The van der Waals surface area contributed by atoms with E-state index in [1.165, 1.54) is 25.3 Å². The predicted molar refractivity (Wildman–Crippen MR) is 68.9 cm³/mol. The third kappa shape index (κ3) is 1.88. The van der Waals surface area contributed by atoms with Crippen molar-refractivity contribution >= 4 is 15.9 Å². The van der Waals surface area contributed by atoms with E-state index in [-0.39, 0.29) is 10.6 Å². The van der Waals surface area contributed by atoms with Gasteiger partial charge in [-0.3, -0.25) is 0 Å². The lowest BCUT2D eigenvalue weighted by Crippen LogP contribution is -2.01. The average Bonchev–Trinajstić information content (AvgIpc) is 2.81. The number of ether oxygens (including phenoxy) is 1. The van der Waals surface area contributed by atoms with E-state index in [9.17, 15) is 4.39 Å². The Labute approximate surface area is 109 Å². The molecule has 0 heterocycles. The molecule has 0 spiro atoms. The van der Waals surface area contributed by atoms with Crippen molar-refractivity contribution in [2.24, 2.45) is 17.8 Å². The summed E-state index contributed by atoms with van der Waals surface area (Å²) in [6.07, 6.45) is 4.01. The van der Waals surface area contributed by atoms with Crippen molar-refractivity contribution in [3.05, 3.63) is 29.6 Å². The molecule has 3 rings (SSSR count). The van der Waals surface area contributed by atoms with E-state index in [2.05, 4.69) is 15.9 Å². The topological polar surface area (TPSA) is 9.23 Å². The molecular formula is C14H16BrFO. The highest BCUT2D eigenvalue weighted by Crippen LogP contribution is 2.64. The van der Waals surface area contributed by atoms with Crippen molar-refractivity contribution in [3.63, 3.8) is 0 Å². The monoisotopic (exact) mass is 298 g/mol. The standard InChI is InChI=1S/C14H16BrFO/c1-17-8-5-6-11(12(16)7-8)14(15)13-9-3-2-4-10(9)13/h5-7,9-10,13-14H,2-4H2,1H3. The van der Waals surface area contributed by atoms with Crippen LogP contribution < -0.4 is 4.74 Å². The molecule has 0 aliphatic heterocycles. The van der Waals surface area contributed by atoms with E-state index in [4.69, 9.17) is 4.74 Å². The Kier molecular flexibility index (Phi) is 2.89. The first-order valence-corrected chi connectivity index (χ1v) is 7.11. The van der Waals surface area contributed by atoms with Crippen LogP contribution in [0, 0.1) is 23.6 Å². The Bertz CT molecular complexity index is 424. The van der Waals surface area contributed by atoms with Gasteiger partial charge in [0.25, 0.3) is 0 Å². The zero-order valence-corrected chi connectivity index (χ0v) is 11.4. The van der Waals surface area contributed by atoms with Gasteiger partial charge < -0.3 is 4.74 Å². The van der Waals surface area contributed by atoms with E-state index >= 15 is 0 Å². The second kappa shape index (κ2) is 4.27. The van der Waals surface area contributed by atoms with Crippen LogP contribution in [0.5, 0.6) is 5.75 Å². The van der Waals surface area contributed by atoms with Crippen molar-refractivity contribution in [2.45, 2.75) is 24.1 Å². The van der Waals surface area contributed by atoms with E-state index in [0.717, 1.165) is 17.4 Å². The van der Waals surface area contributed by atoms with Crippen molar-refractivity contribution in [1.82, 2.24) is 0 Å². The summed E-state index contributed by atoms with van der Waals surface area (Å²) >= 11 is 3.68. The van der Waals surface area contributed by atoms with Crippen LogP contribution >= 0.6 is 15.9 Å². The molecule has 2 aliphatic rings. The van der Waals surface area contributed by atoms with Gasteiger partial charge in [0.2, 0.25) is 0 Å². The summed E-state index contributed by atoms with van der Waals surface area (Å²) in [4.78, 5) is 0.170. The van der Waals surface area contributed by atoms with E-state index in [1.807, 2.05) is 12.1 Å². The summed E-state index contributed by atoms with van der Waals surface area (Å²) in [7, 11) is 1.56. The average molecular weight is 299 g/mol. The molecule has 2 fully saturated rings. The fourth-order valence-corrected chi connectivity index (χ4v) is 4.53. The minimum absolute atomic E-state index is 0.156. The first kappa shape index (κ1) is 11.5. The molecule has 17 heavy (non-hydrogen) atoms. The maximum Gasteiger partial charge on any atom is 0.131 e. The van der Waals surface area contributed by atoms with Gasteiger partial charge in [-0.25, -0.2) is 4.39 Å². The number of hydrogen-bond acceptors (Lipinski definition) is 1. The Morgan fingerprint density at radius 1 is 1.35 bits per heavy atom. The number of halogens is 2. The summed E-state index contributed by atoms with van der Waals surface area (Å²) in [5.41, 5.74) is 0.783. The Morgan fingerprint density at radius 3 is 2.65 bits per heavy atom. The molecule has 1 aromatic rings. The Hall–Kier alpha value is -0.570. The molecule has 3 atom stereocenters. The number of benzene rings is 1. The van der Waals surface area contributed by atoms with E-state index in [1.54, 1.807) is 7.11 Å². The molecule has 3 heteroatoms. The number of fused-ring (bicyclic) bond motifs is 1. The van der Waals surface area contributed by atoms with Crippen molar-refractivity contribution in [3.8, 4) is 5.75 Å². The zero-order chi connectivity index (χ0) is 12.0. The van der Waals surface area contributed by atoms with Gasteiger partial charge in [0.15, 0.2) is 0 Å². The van der Waals surface area contributed by atoms with Crippen LogP contribution in [0.25, 0.3) is 0 Å². The smallest absolute Gasteiger partial charge is 0.131 e. The second-order valence-corrected chi connectivity index (χ2v) is 6.11. The zero-order valence-electron chi connectivity index (χ0n) is 9.83. The lowest BCUT2D eigenvalue weighted by atomic mass is 10.0. The van der Waals surface area contributed by atoms with Crippen molar-refractivity contribution in [2.75, 3.05) is 7.11 Å². The molecule has 1 aromatic carbocycles. The summed E-state index contributed by atoms with van der Waals surface area (Å²) in [5, 5.41) is 0. The Morgan fingerprint density at radius 2 is 2.06 bits per heavy atom. The number of rotatable bonds is 3. The lowest BCUT2D eigenvalue weighted by Gasteiger charge is -2.14. The molecule has 0 saturated heterocycles. The van der Waals surface area contributed by atoms with Gasteiger partial charge in [0.1, 0.15) is 11.6 Å². The molecule has 0 N–H and O–H groups in total. The third-order valence-corrected chi connectivity index (χ3v) is 5.42. The molecule has 3 unspecified atom stereocenters. The molecule has 92 valence electrons. The van der Waals surface area contributed by atoms with Gasteiger partial charge in [-0.05, 0) is 36.7 Å². The maximum atomic E-state index is 13.9. The summed E-state index contributed by atoms with van der Waals surface area (Å²) in [6, 6.07) is 5.16. The van der Waals surface area contributed by atoms with Crippen LogP contribution in [0.1, 0.15) is 29.7 Å². The Balaban J connectivity index is 1.80. The quantitative estimate of drug-likeness (QED) is 0.755. The summed E-state index contributed by atoms with van der Waals surface area (Å²) in [6.45, 7) is 0. The number of hydrogen-bond donors (Lipinski definition) is 0. The second-order valence-electron chi connectivity index (χ2n) is 5.13. The van der Waals surface area contributed by atoms with Gasteiger partial charge in [0, 0.05) is 16.5 Å². The highest BCUT2D eigenvalue weighted by Gasteiger charge is 2.55. The first-order valence-electron chi connectivity index (χ1n) is 6.20. The normalized spacial score (nSPS) is 32.1. The van der Waals surface area contributed by atoms with Crippen molar-refractivity contribution in [1.29, 1.82) is 0 Å². The van der Waals surface area contributed by atoms with Gasteiger partial charge in [-0.15, -0.1) is 0 Å². The largest absolute Gasteiger partial charge is 0.497 e. The van der Waals surface area contributed by atoms with Crippen LogP contribution in [-0.2, 0) is 0 Å². The minimum Gasteiger partial charge on any atom is -0.497 e. The molecule has 0 bridgehead atoms. The fraction of sp³-hybridized carbons (Fsp3) is 0.571. The molecule has 1 nitrogen and oxygen atoms in total. The van der Waals surface area contributed by atoms with Crippen LogP contribution in [0.15, 0.2) is 18.2 Å². The first-order chi connectivity index (χ1) is 8.22. The van der Waals surface area contributed by atoms with E-state index in [0.29, 0.717) is 11.7 Å². The van der Waals surface area contributed by atoms with Crippen LogP contribution in [0.4, 0.5) is 4.39 Å². The summed E-state index contributed by atoms with van der Waals surface area (Å²) < 4.78 is 19.0. The lowest BCUT2D eigenvalue weighted by molar-refractivity contribution is 0.410. The van der Waals surface area contributed by atoms with Crippen LogP contribution in [-0.4, -0.2) is 7.11 Å². The van der Waals surface area contributed by atoms with Gasteiger partial charge in [-0.1, -0.05) is 28.4 Å². The maximum absolute atomic E-state index is 13.9. The molecule has 2 saturated carbocycles. The highest BCUT2D eigenvalue weighted by molar-refractivity contribution is 9.09. The predicted octanol–water partition coefficient (Wildman–Crippen LogP) is 4.32. The molecule has 0 radical (unpaired) electrons. The molecule has 0 aromatic heterocycles. The highest BCUT2D eigenvalue weighted by atomic mass is 79.9. The molecule has 0 amide bonds. The van der Waals surface area contributed by atoms with Crippen LogP contribution in [0.2, 0.25) is 0 Å². The van der Waals surface area contributed by atoms with Crippen molar-refractivity contribution < 1.29 is 9.13 Å². The fourth-order valence-electron chi connectivity index (χ4n) is 3.38. The third-order valence-electron chi connectivity index (χ3n) is 4.32. The van der Waals surface area contributed by atoms with Gasteiger partial charge >= 0.3 is 0 Å². The number of alkyl halides is 1. The summed E-state index contributed by atoms with van der Waals surface area (Å²) in [5.74, 6) is 2.74. The minimum atomic E-state index is -0.156. The van der Waals surface area contributed by atoms with Crippen LogP contribution in [0.3, 0.4) is 0 Å². The van der Waals surface area contributed by atoms with Gasteiger partial charge in [-0.2, -0.15) is 0 Å². The number of methoxy groups -OCH3 is 1. The van der Waals surface area contributed by atoms with Gasteiger partial charge in [0.05, 0.1) is 7.11 Å².